The van der Waals surface area contributed by atoms with E-state index in [4.69, 9.17) is 5.73 Å². The van der Waals surface area contributed by atoms with Crippen molar-refractivity contribution in [3.63, 3.8) is 0 Å². The van der Waals surface area contributed by atoms with Crippen LogP contribution in [0.3, 0.4) is 0 Å². The summed E-state index contributed by atoms with van der Waals surface area (Å²) in [5.74, 6) is 0. The van der Waals surface area contributed by atoms with Gasteiger partial charge in [-0.3, -0.25) is 4.98 Å². The minimum atomic E-state index is 0.681. The smallest absolute Gasteiger partial charge is 0.0487 e. The first kappa shape index (κ1) is 7.31. The van der Waals surface area contributed by atoms with Crippen molar-refractivity contribution >= 4 is 10.9 Å². The Kier molecular flexibility index (Phi) is 1.80. The van der Waals surface area contributed by atoms with Crippen molar-refractivity contribution in [1.82, 2.24) is 9.97 Å². The van der Waals surface area contributed by atoms with Crippen molar-refractivity contribution in [2.75, 3.05) is 6.54 Å². The average Bonchev–Trinajstić information content (AvgIpc) is 2.47. The van der Waals surface area contributed by atoms with Gasteiger partial charge in [0.05, 0.1) is 0 Å². The second-order valence-corrected chi connectivity index (χ2v) is 2.80. The third-order valence-electron chi connectivity index (χ3n) is 1.89. The summed E-state index contributed by atoms with van der Waals surface area (Å²) in [6.07, 6.45) is 4.53. The van der Waals surface area contributed by atoms with E-state index < -0.39 is 0 Å². The summed E-state index contributed by atoms with van der Waals surface area (Å²) in [7, 11) is 0. The number of nitrogens with one attached hydrogen (secondary N) is 1. The average molecular weight is 161 g/mol. The monoisotopic (exact) mass is 161 g/mol. The predicted octanol–water partition coefficient (Wildman–Crippen LogP) is 1.06. The van der Waals surface area contributed by atoms with Gasteiger partial charge in [0, 0.05) is 29.0 Å². The summed E-state index contributed by atoms with van der Waals surface area (Å²) in [6.45, 7) is 0.681. The fourth-order valence-corrected chi connectivity index (χ4v) is 1.32. The van der Waals surface area contributed by atoms with Crippen LogP contribution in [0.15, 0.2) is 24.5 Å². The van der Waals surface area contributed by atoms with Crippen LogP contribution in [0, 0.1) is 0 Å². The number of nitrogens with zero attached hydrogens (tertiary/aromatic N) is 1. The fourth-order valence-electron chi connectivity index (χ4n) is 1.32. The largest absolute Gasteiger partial charge is 0.358 e. The Labute approximate surface area is 70.6 Å². The Morgan fingerprint density at radius 3 is 3.17 bits per heavy atom. The van der Waals surface area contributed by atoms with E-state index in [0.29, 0.717) is 6.54 Å². The molecule has 0 aliphatic heterocycles. The molecule has 0 aliphatic carbocycles. The molecule has 2 aromatic rings. The lowest BCUT2D eigenvalue weighted by atomic mass is 10.3. The molecule has 2 rings (SSSR count). The van der Waals surface area contributed by atoms with Crippen LogP contribution >= 0.6 is 0 Å². The molecule has 0 aromatic carbocycles. The Morgan fingerprint density at radius 1 is 1.50 bits per heavy atom. The summed E-state index contributed by atoms with van der Waals surface area (Å²) < 4.78 is 0. The Hall–Kier alpha value is -1.35. The topological polar surface area (TPSA) is 54.7 Å². The normalized spacial score (nSPS) is 10.8. The second kappa shape index (κ2) is 2.95. The van der Waals surface area contributed by atoms with E-state index in [1.165, 1.54) is 5.69 Å². The Balaban J connectivity index is 2.47. The molecule has 0 saturated carbocycles. The second-order valence-electron chi connectivity index (χ2n) is 2.80. The van der Waals surface area contributed by atoms with Crippen LogP contribution in [0.25, 0.3) is 10.9 Å². The highest BCUT2D eigenvalue weighted by Crippen LogP contribution is 2.12. The molecule has 2 aromatic heterocycles. The van der Waals surface area contributed by atoms with Gasteiger partial charge in [-0.15, -0.1) is 0 Å². The van der Waals surface area contributed by atoms with Gasteiger partial charge in [-0.1, -0.05) is 0 Å². The fraction of sp³-hybridized carbons (Fsp3) is 0.222. The zero-order valence-corrected chi connectivity index (χ0v) is 6.75. The van der Waals surface area contributed by atoms with Crippen LogP contribution < -0.4 is 5.73 Å². The maximum absolute atomic E-state index is 5.45. The lowest BCUT2D eigenvalue weighted by Crippen LogP contribution is -2.02. The number of pyridine rings is 1. The zero-order valence-electron chi connectivity index (χ0n) is 6.75. The van der Waals surface area contributed by atoms with E-state index in [-0.39, 0.29) is 0 Å². The van der Waals surface area contributed by atoms with Crippen molar-refractivity contribution in [1.29, 1.82) is 0 Å². The first-order valence-electron chi connectivity index (χ1n) is 4.02. The number of fused-ring (bicyclic) bond motifs is 1. The molecule has 0 fully saturated rings. The molecule has 3 nitrogen and oxygen atoms in total. The van der Waals surface area contributed by atoms with Crippen molar-refractivity contribution in [2.45, 2.75) is 6.42 Å². The van der Waals surface area contributed by atoms with E-state index in [1.54, 1.807) is 6.20 Å². The van der Waals surface area contributed by atoms with Gasteiger partial charge in [0.15, 0.2) is 0 Å². The van der Waals surface area contributed by atoms with E-state index in [9.17, 15) is 0 Å². The van der Waals surface area contributed by atoms with Crippen LogP contribution in [-0.4, -0.2) is 16.5 Å². The first-order valence-corrected chi connectivity index (χ1v) is 4.02. The maximum Gasteiger partial charge on any atom is 0.0487 e. The molecule has 0 amide bonds. The number of hydrogen-bond acceptors (Lipinski definition) is 2. The summed E-state index contributed by atoms with van der Waals surface area (Å²) in [5, 5.41) is 1.15. The van der Waals surface area contributed by atoms with Gasteiger partial charge in [0.25, 0.3) is 0 Å². The molecule has 62 valence electrons. The maximum atomic E-state index is 5.45. The van der Waals surface area contributed by atoms with Gasteiger partial charge in [-0.25, -0.2) is 0 Å². The summed E-state index contributed by atoms with van der Waals surface area (Å²) in [6, 6.07) is 4.06. The third-order valence-corrected chi connectivity index (χ3v) is 1.89. The molecule has 0 aliphatic rings. The quantitative estimate of drug-likeness (QED) is 0.692. The van der Waals surface area contributed by atoms with Crippen molar-refractivity contribution in [3.8, 4) is 0 Å². The zero-order chi connectivity index (χ0) is 8.39. The van der Waals surface area contributed by atoms with Crippen molar-refractivity contribution in [2.24, 2.45) is 5.73 Å². The minimum Gasteiger partial charge on any atom is -0.358 e. The van der Waals surface area contributed by atoms with E-state index >= 15 is 0 Å². The minimum absolute atomic E-state index is 0.681. The molecule has 2 heterocycles. The van der Waals surface area contributed by atoms with Crippen LogP contribution in [0.4, 0.5) is 0 Å². The van der Waals surface area contributed by atoms with Crippen LogP contribution in [0.5, 0.6) is 0 Å². The molecule has 0 atom stereocenters. The molecule has 3 N–H and O–H groups in total. The predicted molar refractivity (Wildman–Crippen MR) is 48.9 cm³/mol. The molecule has 0 unspecified atom stereocenters. The Morgan fingerprint density at radius 2 is 2.42 bits per heavy atom. The number of hydrogen-bond donors (Lipinski definition) is 2. The molecular formula is C9H11N3. The lowest BCUT2D eigenvalue weighted by molar-refractivity contribution is 0.940. The molecule has 0 spiro atoms. The van der Waals surface area contributed by atoms with Gasteiger partial charge in [-0.2, -0.15) is 0 Å². The van der Waals surface area contributed by atoms with Crippen LogP contribution in [-0.2, 0) is 6.42 Å². The molecule has 0 radical (unpaired) electrons. The molecule has 12 heavy (non-hydrogen) atoms. The van der Waals surface area contributed by atoms with Gasteiger partial charge in [0.1, 0.15) is 0 Å². The third kappa shape index (κ3) is 1.19. The molecular weight excluding hydrogens is 150 g/mol. The van der Waals surface area contributed by atoms with E-state index in [0.717, 1.165) is 17.3 Å². The van der Waals surface area contributed by atoms with Crippen molar-refractivity contribution < 1.29 is 0 Å². The SMILES string of the molecule is NCCc1cc2cnccc2[nH]1. The molecule has 3 heteroatoms. The van der Waals surface area contributed by atoms with E-state index in [2.05, 4.69) is 16.0 Å². The molecule has 0 bridgehead atoms. The highest BCUT2D eigenvalue weighted by Gasteiger charge is 1.97. The standard InChI is InChI=1S/C9H11N3/c10-3-1-8-5-7-6-11-4-2-9(7)12-8/h2,4-6,12H,1,3,10H2. The van der Waals surface area contributed by atoms with Gasteiger partial charge >= 0.3 is 0 Å². The summed E-state index contributed by atoms with van der Waals surface area (Å²) >= 11 is 0. The number of H-pyrrole nitrogens is 1. The summed E-state index contributed by atoms with van der Waals surface area (Å²) in [4.78, 5) is 7.31. The number of rotatable bonds is 2. The molecule has 0 saturated heterocycles. The summed E-state index contributed by atoms with van der Waals surface area (Å²) in [5.41, 5.74) is 7.76. The first-order chi connectivity index (χ1) is 5.90. The lowest BCUT2D eigenvalue weighted by Gasteiger charge is -1.89. The highest BCUT2D eigenvalue weighted by atomic mass is 14.7. The van der Waals surface area contributed by atoms with Crippen LogP contribution in [0.2, 0.25) is 0 Å². The van der Waals surface area contributed by atoms with E-state index in [1.807, 2.05) is 12.3 Å². The van der Waals surface area contributed by atoms with Gasteiger partial charge in [-0.05, 0) is 25.1 Å². The highest BCUT2D eigenvalue weighted by molar-refractivity contribution is 5.79. The Bertz CT molecular complexity index is 345. The van der Waals surface area contributed by atoms with Gasteiger partial charge in [0.2, 0.25) is 0 Å². The number of aromatic nitrogens is 2. The van der Waals surface area contributed by atoms with Crippen molar-refractivity contribution in [3.05, 3.63) is 30.2 Å². The number of aromatic amines is 1. The van der Waals surface area contributed by atoms with Gasteiger partial charge < -0.3 is 10.7 Å². The van der Waals surface area contributed by atoms with Crippen LogP contribution in [0.1, 0.15) is 5.69 Å². The number of nitrogens with two attached hydrogens (primary N) is 1.